The Kier molecular flexibility index (Phi) is 5.39. The molecular weight excluding hydrogens is 353 g/mol. The number of nitrogens with zero attached hydrogens (tertiary/aromatic N) is 1. The number of amides is 1. The first-order chi connectivity index (χ1) is 11.9. The third kappa shape index (κ3) is 5.54. The summed E-state index contributed by atoms with van der Waals surface area (Å²) in [7, 11) is 0. The van der Waals surface area contributed by atoms with E-state index in [-0.39, 0.29) is 12.5 Å². The Morgan fingerprint density at radius 3 is 2.64 bits per heavy atom. The fraction of sp³-hybridized carbons (Fsp3) is 0.412. The number of nitrogens with one attached hydrogen (secondary N) is 1. The lowest BCUT2D eigenvalue weighted by molar-refractivity contribution is -0.137. The van der Waals surface area contributed by atoms with Crippen LogP contribution in [0, 0.1) is 5.92 Å². The molecule has 134 valence electrons. The monoisotopic (exact) mass is 370 g/mol. The number of alkyl halides is 3. The van der Waals surface area contributed by atoms with Crippen molar-refractivity contribution in [2.75, 3.05) is 18.5 Å². The molecule has 3 rings (SSSR count). The summed E-state index contributed by atoms with van der Waals surface area (Å²) >= 11 is 1.30. The maximum Gasteiger partial charge on any atom is 0.416 e. The molecule has 0 spiro atoms. The van der Waals surface area contributed by atoms with Crippen molar-refractivity contribution in [3.05, 3.63) is 46.5 Å². The molecule has 0 unspecified atom stereocenters. The summed E-state index contributed by atoms with van der Waals surface area (Å²) in [6.45, 7) is 0.620. The van der Waals surface area contributed by atoms with Gasteiger partial charge in [-0.3, -0.25) is 10.1 Å². The number of anilines is 1. The molecule has 1 amide bonds. The summed E-state index contributed by atoms with van der Waals surface area (Å²) < 4.78 is 43.0. The minimum atomic E-state index is -4.33. The molecule has 0 atom stereocenters. The average Bonchev–Trinajstić information content (AvgIpc) is 3.27. The van der Waals surface area contributed by atoms with E-state index >= 15 is 0 Å². The van der Waals surface area contributed by atoms with Crippen LogP contribution in [0.1, 0.15) is 28.8 Å². The van der Waals surface area contributed by atoms with E-state index in [9.17, 15) is 18.0 Å². The van der Waals surface area contributed by atoms with Gasteiger partial charge >= 0.3 is 6.18 Å². The molecule has 1 heterocycles. The van der Waals surface area contributed by atoms with Crippen LogP contribution in [-0.2, 0) is 22.1 Å². The predicted octanol–water partition coefficient (Wildman–Crippen LogP) is 4.12. The van der Waals surface area contributed by atoms with E-state index < -0.39 is 11.7 Å². The van der Waals surface area contributed by atoms with Gasteiger partial charge in [-0.25, -0.2) is 4.98 Å². The van der Waals surface area contributed by atoms with Crippen LogP contribution in [0.4, 0.5) is 18.3 Å². The summed E-state index contributed by atoms with van der Waals surface area (Å²) in [5.74, 6) is 0.346. The number of benzene rings is 1. The second-order valence-electron chi connectivity index (χ2n) is 6.01. The molecule has 1 saturated carbocycles. The van der Waals surface area contributed by atoms with Crippen molar-refractivity contribution >= 4 is 22.4 Å². The minimum Gasteiger partial charge on any atom is -0.371 e. The minimum absolute atomic E-state index is 0.00428. The predicted molar refractivity (Wildman–Crippen MR) is 88.5 cm³/mol. The lowest BCUT2D eigenvalue weighted by atomic mass is 10.1. The van der Waals surface area contributed by atoms with Gasteiger partial charge in [0, 0.05) is 17.5 Å². The Balaban J connectivity index is 1.49. The number of halogens is 3. The zero-order chi connectivity index (χ0) is 17.9. The lowest BCUT2D eigenvalue weighted by Crippen LogP contribution is -2.18. The second kappa shape index (κ2) is 7.53. The summed E-state index contributed by atoms with van der Waals surface area (Å²) in [5, 5.41) is 3.13. The molecule has 25 heavy (non-hydrogen) atoms. The Morgan fingerprint density at radius 1 is 1.28 bits per heavy atom. The highest BCUT2D eigenvalue weighted by Gasteiger charge is 2.29. The molecule has 1 aromatic carbocycles. The van der Waals surface area contributed by atoms with Crippen LogP contribution in [0.2, 0.25) is 0 Å². The molecule has 2 aromatic rings. The van der Waals surface area contributed by atoms with Crippen molar-refractivity contribution in [2.45, 2.75) is 25.4 Å². The van der Waals surface area contributed by atoms with Crippen molar-refractivity contribution in [1.82, 2.24) is 4.98 Å². The topological polar surface area (TPSA) is 51.2 Å². The maximum absolute atomic E-state index is 12.5. The van der Waals surface area contributed by atoms with Gasteiger partial charge < -0.3 is 4.74 Å². The molecule has 4 nitrogen and oxygen atoms in total. The number of aromatic nitrogens is 1. The summed E-state index contributed by atoms with van der Waals surface area (Å²) in [5.41, 5.74) is 0.0852. The van der Waals surface area contributed by atoms with Gasteiger partial charge in [0.25, 0.3) is 5.91 Å². The van der Waals surface area contributed by atoms with Gasteiger partial charge in [-0.05, 0) is 36.5 Å². The number of carbonyl (C=O) groups excluding carboxylic acids is 1. The zero-order valence-electron chi connectivity index (χ0n) is 13.3. The fourth-order valence-corrected chi connectivity index (χ4v) is 3.08. The van der Waals surface area contributed by atoms with Crippen molar-refractivity contribution in [3.63, 3.8) is 0 Å². The first kappa shape index (κ1) is 17.9. The third-order valence-corrected chi connectivity index (χ3v) is 4.66. The largest absolute Gasteiger partial charge is 0.416 e. The smallest absolute Gasteiger partial charge is 0.371 e. The van der Waals surface area contributed by atoms with Crippen LogP contribution in [0.25, 0.3) is 0 Å². The van der Waals surface area contributed by atoms with Crippen molar-refractivity contribution < 1.29 is 22.7 Å². The first-order valence-electron chi connectivity index (χ1n) is 7.88. The number of ether oxygens (including phenoxy) is 1. The first-order valence-corrected chi connectivity index (χ1v) is 8.70. The van der Waals surface area contributed by atoms with E-state index in [0.717, 1.165) is 22.6 Å². The van der Waals surface area contributed by atoms with Gasteiger partial charge in [0.2, 0.25) is 0 Å². The number of hydrogen-bond donors (Lipinski definition) is 1. The molecule has 0 aliphatic heterocycles. The van der Waals surface area contributed by atoms with E-state index in [1.54, 1.807) is 6.20 Å². The van der Waals surface area contributed by atoms with Gasteiger partial charge in [0.1, 0.15) is 6.61 Å². The van der Waals surface area contributed by atoms with Gasteiger partial charge in [-0.15, -0.1) is 11.3 Å². The van der Waals surface area contributed by atoms with Gasteiger partial charge in [-0.2, -0.15) is 13.2 Å². The molecule has 0 radical (unpaired) electrons. The van der Waals surface area contributed by atoms with E-state index in [1.807, 2.05) is 0 Å². The van der Waals surface area contributed by atoms with Crippen LogP contribution < -0.4 is 5.32 Å². The highest BCUT2D eigenvalue weighted by molar-refractivity contribution is 7.15. The number of rotatable bonds is 7. The molecule has 1 fully saturated rings. The molecule has 1 aliphatic carbocycles. The zero-order valence-corrected chi connectivity index (χ0v) is 14.1. The van der Waals surface area contributed by atoms with E-state index in [1.165, 1.54) is 36.3 Å². The van der Waals surface area contributed by atoms with E-state index in [4.69, 9.17) is 4.74 Å². The molecule has 1 aromatic heterocycles. The van der Waals surface area contributed by atoms with Gasteiger partial charge in [-0.1, -0.05) is 12.1 Å². The van der Waals surface area contributed by atoms with Crippen LogP contribution in [0.3, 0.4) is 0 Å². The average molecular weight is 370 g/mol. The van der Waals surface area contributed by atoms with Gasteiger partial charge in [0.15, 0.2) is 5.13 Å². The summed E-state index contributed by atoms with van der Waals surface area (Å²) in [6.07, 6.45) is 0.0811. The Hall–Kier alpha value is -1.93. The number of carbonyl (C=O) groups is 1. The summed E-state index contributed by atoms with van der Waals surface area (Å²) in [4.78, 5) is 16.7. The van der Waals surface area contributed by atoms with Crippen LogP contribution >= 0.6 is 11.3 Å². The standard InChI is InChI=1S/C17H17F3N2O2S/c18-17(19,20)13-5-3-11(4-6-13)7-14-8-21-16(25-14)22-15(23)10-24-9-12-1-2-12/h3-6,8,12H,1-2,7,9-10H2,(H,21,22,23). The fourth-order valence-electron chi connectivity index (χ4n) is 2.22. The molecule has 8 heteroatoms. The van der Waals surface area contributed by atoms with Crippen LogP contribution in [0.15, 0.2) is 30.5 Å². The highest BCUT2D eigenvalue weighted by Crippen LogP contribution is 2.30. The lowest BCUT2D eigenvalue weighted by Gasteiger charge is -2.06. The second-order valence-corrected chi connectivity index (χ2v) is 7.13. The third-order valence-electron chi connectivity index (χ3n) is 3.74. The SMILES string of the molecule is O=C(COCC1CC1)Nc1ncc(Cc2ccc(C(F)(F)F)cc2)s1. The highest BCUT2D eigenvalue weighted by atomic mass is 32.1. The molecule has 0 saturated heterocycles. The number of hydrogen-bond acceptors (Lipinski definition) is 4. The number of thiazole rings is 1. The van der Waals surface area contributed by atoms with Crippen molar-refractivity contribution in [1.29, 1.82) is 0 Å². The molecular formula is C17H17F3N2O2S. The normalized spacial score (nSPS) is 14.5. The molecule has 1 aliphatic rings. The van der Waals surface area contributed by atoms with Crippen LogP contribution in [0.5, 0.6) is 0 Å². The Morgan fingerprint density at radius 2 is 2.00 bits per heavy atom. The van der Waals surface area contributed by atoms with Gasteiger partial charge in [0.05, 0.1) is 12.2 Å². The Labute approximate surface area is 147 Å². The molecule has 1 N–H and O–H groups in total. The summed E-state index contributed by atoms with van der Waals surface area (Å²) in [6, 6.07) is 5.03. The van der Waals surface area contributed by atoms with Crippen molar-refractivity contribution in [2.24, 2.45) is 5.92 Å². The van der Waals surface area contributed by atoms with E-state index in [0.29, 0.717) is 24.1 Å². The quantitative estimate of drug-likeness (QED) is 0.798. The van der Waals surface area contributed by atoms with E-state index in [2.05, 4.69) is 10.3 Å². The molecule has 0 bridgehead atoms. The van der Waals surface area contributed by atoms with Crippen molar-refractivity contribution in [3.8, 4) is 0 Å². The Bertz CT molecular complexity index is 724. The van der Waals surface area contributed by atoms with Crippen LogP contribution in [-0.4, -0.2) is 24.1 Å². The maximum atomic E-state index is 12.5.